The quantitative estimate of drug-likeness (QED) is 0.388. The zero-order valence-corrected chi connectivity index (χ0v) is 19.0. The third kappa shape index (κ3) is 2.87. The van der Waals surface area contributed by atoms with Gasteiger partial charge in [-0.15, -0.1) is 0 Å². The third-order valence-corrected chi connectivity index (χ3v) is 7.50. The number of carbonyl (C=O) groups is 5. The van der Waals surface area contributed by atoms with E-state index in [0.717, 1.165) is 7.11 Å². The minimum Gasteiger partial charge on any atom is -0.507 e. The molecule has 1 fully saturated rings. The van der Waals surface area contributed by atoms with E-state index >= 15 is 0 Å². The second kappa shape index (κ2) is 7.62. The smallest absolute Gasteiger partial charge is 0.423 e. The van der Waals surface area contributed by atoms with Gasteiger partial charge in [0.05, 0.1) is 18.9 Å². The largest absolute Gasteiger partial charge is 0.507 e. The first kappa shape index (κ1) is 22.0. The standard InChI is InChI=1S/C26H23NO7/c1-11-5-4-6-14(22(11)29)19-13-7-8-15-20(25(32)27(24(15)31)26(33)34-3)16(13)10-17-21(19)18(28)9-12(2)23(17)30/h4-7,9,15-16,19-20,29H,8,10H2,1-3H3/t15-,16+,19+,20-/m0/s1. The molecule has 1 heterocycles. The van der Waals surface area contributed by atoms with Gasteiger partial charge >= 0.3 is 6.09 Å². The molecule has 5 rings (SSSR count). The van der Waals surface area contributed by atoms with Crippen molar-refractivity contribution in [3.63, 3.8) is 0 Å². The van der Waals surface area contributed by atoms with Crippen molar-refractivity contribution >= 4 is 29.5 Å². The van der Waals surface area contributed by atoms with E-state index in [2.05, 4.69) is 4.74 Å². The number of hydrogen-bond donors (Lipinski definition) is 1. The molecule has 4 aliphatic rings. The Kier molecular flexibility index (Phi) is 4.93. The van der Waals surface area contributed by atoms with Crippen LogP contribution in [0.2, 0.25) is 0 Å². The summed E-state index contributed by atoms with van der Waals surface area (Å²) in [6, 6.07) is 5.21. The average molecular weight is 461 g/mol. The maximum atomic E-state index is 13.3. The van der Waals surface area contributed by atoms with E-state index in [9.17, 15) is 29.1 Å². The highest BCUT2D eigenvalue weighted by Gasteiger charge is 2.58. The number of phenolic OH excluding ortho intramolecular Hbond substituents is 1. The van der Waals surface area contributed by atoms with E-state index < -0.39 is 41.6 Å². The molecule has 1 aliphatic heterocycles. The number of para-hydroxylation sites is 1. The Bertz CT molecular complexity index is 1300. The van der Waals surface area contributed by atoms with E-state index in [0.29, 0.717) is 38.3 Å². The van der Waals surface area contributed by atoms with Crippen LogP contribution in [0.15, 0.2) is 52.6 Å². The summed E-state index contributed by atoms with van der Waals surface area (Å²) in [5.41, 5.74) is 2.71. The van der Waals surface area contributed by atoms with Gasteiger partial charge in [-0.25, -0.2) is 4.79 Å². The molecule has 8 heteroatoms. The second-order valence-corrected chi connectivity index (χ2v) is 9.22. The summed E-state index contributed by atoms with van der Waals surface area (Å²) in [7, 11) is 1.10. The normalized spacial score (nSPS) is 28.3. The van der Waals surface area contributed by atoms with Gasteiger partial charge in [0.15, 0.2) is 11.6 Å². The maximum Gasteiger partial charge on any atom is 0.423 e. The van der Waals surface area contributed by atoms with Gasteiger partial charge < -0.3 is 9.84 Å². The van der Waals surface area contributed by atoms with Crippen LogP contribution < -0.4 is 0 Å². The number of amides is 3. The van der Waals surface area contributed by atoms with Crippen molar-refractivity contribution in [2.45, 2.75) is 32.6 Å². The highest BCUT2D eigenvalue weighted by molar-refractivity contribution is 6.24. The number of benzene rings is 1. The van der Waals surface area contributed by atoms with Crippen LogP contribution in [0.25, 0.3) is 0 Å². The molecule has 0 radical (unpaired) electrons. The number of carbonyl (C=O) groups excluding carboxylic acids is 5. The fourth-order valence-electron chi connectivity index (χ4n) is 5.92. The Balaban J connectivity index is 1.70. The molecule has 0 unspecified atom stereocenters. The summed E-state index contributed by atoms with van der Waals surface area (Å²) in [5, 5.41) is 10.9. The Morgan fingerprint density at radius 3 is 2.53 bits per heavy atom. The van der Waals surface area contributed by atoms with E-state index in [4.69, 9.17) is 0 Å². The molecule has 8 nitrogen and oxygen atoms in total. The van der Waals surface area contributed by atoms with Crippen molar-refractivity contribution in [3.05, 3.63) is 63.8 Å². The first-order chi connectivity index (χ1) is 16.2. The SMILES string of the molecule is COC(=O)N1C(=O)[C@H]2[C@H](CC=C3[C@H](c4cccc(C)c4O)C4=C(C[C@H]32)C(=O)C(C)=CC4=O)C1=O. The number of allylic oxidation sites excluding steroid dienone is 6. The number of likely N-dealkylation sites (tertiary alicyclic amines) is 1. The van der Waals surface area contributed by atoms with E-state index in [1.807, 2.05) is 6.08 Å². The summed E-state index contributed by atoms with van der Waals surface area (Å²) >= 11 is 0. The lowest BCUT2D eigenvalue weighted by Gasteiger charge is -2.42. The van der Waals surface area contributed by atoms with Gasteiger partial charge in [-0.05, 0) is 44.2 Å². The van der Waals surface area contributed by atoms with Gasteiger partial charge in [0.2, 0.25) is 11.8 Å². The van der Waals surface area contributed by atoms with Gasteiger partial charge in [-0.3, -0.25) is 19.2 Å². The number of rotatable bonds is 1. The number of imide groups is 3. The predicted molar refractivity (Wildman–Crippen MR) is 118 cm³/mol. The van der Waals surface area contributed by atoms with Crippen LogP contribution in [0.3, 0.4) is 0 Å². The minimum atomic E-state index is -1.03. The lowest BCUT2D eigenvalue weighted by Crippen LogP contribution is -2.40. The number of fused-ring (bicyclic) bond motifs is 3. The topological polar surface area (TPSA) is 118 Å². The molecule has 0 aromatic heterocycles. The number of methoxy groups -OCH3 is 1. The van der Waals surface area contributed by atoms with Crippen molar-refractivity contribution < 1.29 is 33.8 Å². The number of Topliss-reactive ketones (excluding diaryl/α,β-unsaturated/α-hetero) is 1. The number of ketones is 2. The Labute approximate surface area is 195 Å². The van der Waals surface area contributed by atoms with Crippen LogP contribution in [-0.2, 0) is 23.9 Å². The summed E-state index contributed by atoms with van der Waals surface area (Å²) in [6.45, 7) is 3.31. The molecular formula is C26H23NO7. The van der Waals surface area contributed by atoms with Crippen molar-refractivity contribution in [2.24, 2.45) is 17.8 Å². The third-order valence-electron chi connectivity index (χ3n) is 7.50. The first-order valence-corrected chi connectivity index (χ1v) is 11.1. The van der Waals surface area contributed by atoms with Crippen LogP contribution in [0.1, 0.15) is 36.8 Å². The monoisotopic (exact) mass is 461 g/mol. The van der Waals surface area contributed by atoms with Gasteiger partial charge in [-0.1, -0.05) is 29.8 Å². The lowest BCUT2D eigenvalue weighted by atomic mass is 9.59. The highest BCUT2D eigenvalue weighted by Crippen LogP contribution is 2.56. The molecule has 1 saturated heterocycles. The van der Waals surface area contributed by atoms with Crippen LogP contribution in [-0.4, -0.2) is 46.6 Å². The van der Waals surface area contributed by atoms with Crippen molar-refractivity contribution in [2.75, 3.05) is 7.11 Å². The summed E-state index contributed by atoms with van der Waals surface area (Å²) in [4.78, 5) is 65.3. The molecule has 0 spiro atoms. The molecule has 174 valence electrons. The van der Waals surface area contributed by atoms with E-state index in [1.165, 1.54) is 6.08 Å². The molecule has 0 bridgehead atoms. The number of ether oxygens (including phenoxy) is 1. The van der Waals surface area contributed by atoms with Crippen LogP contribution in [0, 0.1) is 24.7 Å². The molecule has 1 N–H and O–H groups in total. The number of phenols is 1. The van der Waals surface area contributed by atoms with Crippen LogP contribution in [0.5, 0.6) is 5.75 Å². The maximum absolute atomic E-state index is 13.3. The van der Waals surface area contributed by atoms with Crippen molar-refractivity contribution in [3.8, 4) is 5.75 Å². The Morgan fingerprint density at radius 2 is 1.82 bits per heavy atom. The number of nitrogens with zero attached hydrogens (tertiary/aromatic N) is 1. The Hall–Kier alpha value is -3.81. The fraction of sp³-hybridized carbons (Fsp3) is 0.346. The minimum absolute atomic E-state index is 0.0135. The highest BCUT2D eigenvalue weighted by atomic mass is 16.5. The van der Waals surface area contributed by atoms with Gasteiger partial charge in [0.1, 0.15) is 5.75 Å². The molecule has 1 aromatic carbocycles. The van der Waals surface area contributed by atoms with E-state index in [-0.39, 0.29) is 30.2 Å². The first-order valence-electron chi connectivity index (χ1n) is 11.1. The summed E-state index contributed by atoms with van der Waals surface area (Å²) in [6.07, 6.45) is 2.43. The number of aromatic hydroxyl groups is 1. The average Bonchev–Trinajstić information content (AvgIpc) is 3.07. The van der Waals surface area contributed by atoms with Crippen molar-refractivity contribution in [1.82, 2.24) is 4.90 Å². The molecule has 3 amide bonds. The zero-order chi connectivity index (χ0) is 24.5. The molecule has 0 saturated carbocycles. The van der Waals surface area contributed by atoms with Crippen LogP contribution >= 0.6 is 0 Å². The lowest BCUT2D eigenvalue weighted by molar-refractivity contribution is -0.137. The van der Waals surface area contributed by atoms with Crippen LogP contribution in [0.4, 0.5) is 4.79 Å². The summed E-state index contributed by atoms with van der Waals surface area (Å²) < 4.78 is 4.65. The molecule has 34 heavy (non-hydrogen) atoms. The fourth-order valence-corrected chi connectivity index (χ4v) is 5.92. The van der Waals surface area contributed by atoms with Gasteiger partial charge in [-0.2, -0.15) is 4.90 Å². The second-order valence-electron chi connectivity index (χ2n) is 9.22. The molecule has 3 aliphatic carbocycles. The van der Waals surface area contributed by atoms with E-state index in [1.54, 1.807) is 32.0 Å². The van der Waals surface area contributed by atoms with Gasteiger partial charge in [0.25, 0.3) is 0 Å². The molecule has 4 atom stereocenters. The van der Waals surface area contributed by atoms with Crippen molar-refractivity contribution in [1.29, 1.82) is 0 Å². The molecular weight excluding hydrogens is 438 g/mol. The zero-order valence-electron chi connectivity index (χ0n) is 19.0. The Morgan fingerprint density at radius 1 is 1.09 bits per heavy atom. The predicted octanol–water partition coefficient (Wildman–Crippen LogP) is 2.90. The molecule has 1 aromatic rings. The number of hydrogen-bond acceptors (Lipinski definition) is 7. The van der Waals surface area contributed by atoms with Gasteiger partial charge in [0, 0.05) is 28.2 Å². The number of aryl methyl sites for hydroxylation is 1. The summed E-state index contributed by atoms with van der Waals surface area (Å²) in [5.74, 6) is -4.76.